The molecule has 2 N–H and O–H groups in total. The van der Waals surface area contributed by atoms with Gasteiger partial charge in [-0.05, 0) is 62.0 Å². The lowest BCUT2D eigenvalue weighted by Crippen LogP contribution is -2.70. The van der Waals surface area contributed by atoms with Crippen LogP contribution in [0.4, 0.5) is 5.69 Å². The van der Waals surface area contributed by atoms with Crippen LogP contribution in [0.1, 0.15) is 62.7 Å². The van der Waals surface area contributed by atoms with Crippen molar-refractivity contribution < 1.29 is 9.59 Å². The van der Waals surface area contributed by atoms with Crippen molar-refractivity contribution in [2.75, 3.05) is 18.4 Å². The number of carbonyl (C=O) groups excluding carboxylic acids is 2. The molecule has 3 aliphatic carbocycles. The second-order valence-electron chi connectivity index (χ2n) is 9.98. The van der Waals surface area contributed by atoms with E-state index in [1.54, 1.807) is 0 Å². The molecule has 2 amide bonds. The molecule has 1 spiro atoms. The molecule has 5 aliphatic rings. The van der Waals surface area contributed by atoms with Crippen LogP contribution >= 0.6 is 0 Å². The Bertz CT molecular complexity index is 824. The molecule has 0 aromatic heterocycles. The summed E-state index contributed by atoms with van der Waals surface area (Å²) in [6.07, 6.45) is 6.18. The van der Waals surface area contributed by atoms with E-state index in [2.05, 4.69) is 29.4 Å². The predicted octanol–water partition coefficient (Wildman–Crippen LogP) is 3.62. The highest BCUT2D eigenvalue weighted by Gasteiger charge is 2.60. The van der Waals surface area contributed by atoms with Gasteiger partial charge in [0.05, 0.1) is 5.56 Å². The topological polar surface area (TPSA) is 61.4 Å². The maximum Gasteiger partial charge on any atom is 0.255 e. The van der Waals surface area contributed by atoms with Crippen LogP contribution in [0.25, 0.3) is 0 Å². The molecule has 1 saturated heterocycles. The first-order valence-corrected chi connectivity index (χ1v) is 10.9. The van der Waals surface area contributed by atoms with E-state index in [1.165, 1.54) is 6.42 Å². The van der Waals surface area contributed by atoms with Gasteiger partial charge >= 0.3 is 0 Å². The minimum atomic E-state index is -0.412. The number of carbonyl (C=O) groups is 2. The van der Waals surface area contributed by atoms with Crippen LogP contribution in [0.5, 0.6) is 0 Å². The molecule has 5 atom stereocenters. The zero-order valence-corrected chi connectivity index (χ0v) is 17.0. The monoisotopic (exact) mass is 381 g/mol. The molecule has 2 bridgehead atoms. The molecule has 6 rings (SSSR count). The van der Waals surface area contributed by atoms with Crippen LogP contribution in [0.2, 0.25) is 0 Å². The van der Waals surface area contributed by atoms with Gasteiger partial charge in [0, 0.05) is 30.6 Å². The van der Waals surface area contributed by atoms with E-state index in [4.69, 9.17) is 0 Å². The SMILES string of the molecule is C[C@H]1CCCN(C(=O)[C@@H]2C[C@@H]3CC[C@]2(C)C[C@]32NC(=O)c3ccccc3N2)C1. The summed E-state index contributed by atoms with van der Waals surface area (Å²) in [6.45, 7) is 6.34. The Hall–Kier alpha value is -2.04. The number of hydrogen-bond donors (Lipinski definition) is 2. The Balaban J connectivity index is 1.41. The maximum absolute atomic E-state index is 13.4. The summed E-state index contributed by atoms with van der Waals surface area (Å²) in [5.74, 6) is 1.35. The van der Waals surface area contributed by atoms with Gasteiger partial charge in [0.2, 0.25) is 5.91 Å². The number of likely N-dealkylation sites (tertiary alicyclic amines) is 1. The molecule has 28 heavy (non-hydrogen) atoms. The van der Waals surface area contributed by atoms with E-state index in [0.717, 1.165) is 56.4 Å². The average molecular weight is 382 g/mol. The number of amides is 2. The van der Waals surface area contributed by atoms with Gasteiger partial charge in [-0.1, -0.05) is 26.0 Å². The van der Waals surface area contributed by atoms with E-state index < -0.39 is 5.66 Å². The lowest BCUT2D eigenvalue weighted by Gasteiger charge is -2.61. The van der Waals surface area contributed by atoms with Crippen molar-refractivity contribution in [2.24, 2.45) is 23.2 Å². The zero-order chi connectivity index (χ0) is 19.5. The van der Waals surface area contributed by atoms with Gasteiger partial charge in [-0.2, -0.15) is 0 Å². The highest BCUT2D eigenvalue weighted by Crippen LogP contribution is 2.58. The van der Waals surface area contributed by atoms with E-state index >= 15 is 0 Å². The van der Waals surface area contributed by atoms with Crippen LogP contribution in [0, 0.1) is 23.2 Å². The van der Waals surface area contributed by atoms with E-state index in [-0.39, 0.29) is 17.2 Å². The summed E-state index contributed by atoms with van der Waals surface area (Å²) < 4.78 is 0. The van der Waals surface area contributed by atoms with Gasteiger partial charge in [-0.25, -0.2) is 0 Å². The lowest BCUT2D eigenvalue weighted by molar-refractivity contribution is -0.152. The van der Waals surface area contributed by atoms with Gasteiger partial charge in [0.25, 0.3) is 5.91 Å². The summed E-state index contributed by atoms with van der Waals surface area (Å²) in [4.78, 5) is 28.4. The number of fused-ring (bicyclic) bond motifs is 3. The van der Waals surface area contributed by atoms with Crippen LogP contribution < -0.4 is 10.6 Å². The first kappa shape index (κ1) is 18.0. The third-order valence-electron chi connectivity index (χ3n) is 7.94. The number of hydrogen-bond acceptors (Lipinski definition) is 3. The number of rotatable bonds is 1. The third kappa shape index (κ3) is 2.66. The first-order valence-electron chi connectivity index (χ1n) is 10.9. The molecule has 150 valence electrons. The van der Waals surface area contributed by atoms with Crippen molar-refractivity contribution in [3.63, 3.8) is 0 Å². The molecule has 2 heterocycles. The molecule has 0 radical (unpaired) electrons. The van der Waals surface area contributed by atoms with Crippen LogP contribution in [-0.4, -0.2) is 35.5 Å². The molecule has 0 unspecified atom stereocenters. The zero-order valence-electron chi connectivity index (χ0n) is 17.0. The fourth-order valence-electron chi connectivity index (χ4n) is 6.44. The van der Waals surface area contributed by atoms with Gasteiger partial charge in [0.15, 0.2) is 0 Å². The molecule has 2 aliphatic heterocycles. The number of para-hydroxylation sites is 1. The quantitative estimate of drug-likeness (QED) is 0.781. The number of piperidine rings is 1. The summed E-state index contributed by atoms with van der Waals surface area (Å²) in [5, 5.41) is 7.00. The smallest absolute Gasteiger partial charge is 0.255 e. The standard InChI is InChI=1S/C23H31N3O2/c1-15-6-5-11-26(13-15)21(28)18-12-16-9-10-22(18,2)14-23(16)24-19-8-4-3-7-17(19)20(27)25-23/h3-4,7-8,15-16,18,24H,5-6,9-14H2,1-2H3,(H,25,27)/t15-,16-,18-,22+,23-/m0/s1. The summed E-state index contributed by atoms with van der Waals surface area (Å²) in [7, 11) is 0. The van der Waals surface area contributed by atoms with E-state index in [0.29, 0.717) is 17.7 Å². The van der Waals surface area contributed by atoms with Crippen molar-refractivity contribution in [3.05, 3.63) is 29.8 Å². The molecule has 4 fully saturated rings. The number of nitrogens with one attached hydrogen (secondary N) is 2. The Morgan fingerprint density at radius 2 is 2.04 bits per heavy atom. The molecular formula is C23H31N3O2. The second-order valence-corrected chi connectivity index (χ2v) is 9.98. The number of benzene rings is 1. The largest absolute Gasteiger partial charge is 0.362 e. The van der Waals surface area contributed by atoms with Crippen molar-refractivity contribution in [1.29, 1.82) is 0 Å². The van der Waals surface area contributed by atoms with Gasteiger partial charge in [-0.3, -0.25) is 9.59 Å². The third-order valence-corrected chi connectivity index (χ3v) is 7.94. The molecular weight excluding hydrogens is 350 g/mol. The van der Waals surface area contributed by atoms with E-state index in [1.807, 2.05) is 24.3 Å². The van der Waals surface area contributed by atoms with Crippen molar-refractivity contribution in [2.45, 2.75) is 58.0 Å². The Kier molecular flexibility index (Phi) is 4.01. The summed E-state index contributed by atoms with van der Waals surface area (Å²) >= 11 is 0. The number of anilines is 1. The summed E-state index contributed by atoms with van der Waals surface area (Å²) in [5.41, 5.74) is 1.16. The average Bonchev–Trinajstić information content (AvgIpc) is 2.67. The van der Waals surface area contributed by atoms with Crippen molar-refractivity contribution in [1.82, 2.24) is 10.2 Å². The normalized spacial score (nSPS) is 39.3. The maximum atomic E-state index is 13.4. The Morgan fingerprint density at radius 1 is 1.21 bits per heavy atom. The molecule has 1 aromatic rings. The van der Waals surface area contributed by atoms with E-state index in [9.17, 15) is 9.59 Å². The lowest BCUT2D eigenvalue weighted by atomic mass is 9.51. The Labute approximate surface area is 167 Å². The molecule has 5 nitrogen and oxygen atoms in total. The Morgan fingerprint density at radius 3 is 2.82 bits per heavy atom. The molecule has 1 aromatic carbocycles. The minimum absolute atomic E-state index is 0.0123. The minimum Gasteiger partial charge on any atom is -0.362 e. The number of nitrogens with zero attached hydrogens (tertiary/aromatic N) is 1. The van der Waals surface area contributed by atoms with Crippen LogP contribution in [0.3, 0.4) is 0 Å². The van der Waals surface area contributed by atoms with Gasteiger partial charge < -0.3 is 15.5 Å². The van der Waals surface area contributed by atoms with Gasteiger partial charge in [-0.15, -0.1) is 0 Å². The summed E-state index contributed by atoms with van der Waals surface area (Å²) in [6, 6.07) is 7.75. The van der Waals surface area contributed by atoms with Crippen molar-refractivity contribution in [3.8, 4) is 0 Å². The van der Waals surface area contributed by atoms with Crippen LogP contribution in [-0.2, 0) is 4.79 Å². The second kappa shape index (κ2) is 6.23. The van der Waals surface area contributed by atoms with Crippen molar-refractivity contribution >= 4 is 17.5 Å². The molecule has 3 saturated carbocycles. The predicted molar refractivity (Wildman–Crippen MR) is 109 cm³/mol. The fraction of sp³-hybridized carbons (Fsp3) is 0.652. The highest BCUT2D eigenvalue weighted by molar-refractivity contribution is 6.02. The molecule has 5 heteroatoms. The van der Waals surface area contributed by atoms with Gasteiger partial charge in [0.1, 0.15) is 5.66 Å². The fourth-order valence-corrected chi connectivity index (χ4v) is 6.44. The first-order chi connectivity index (χ1) is 13.4. The van der Waals surface area contributed by atoms with Crippen LogP contribution in [0.15, 0.2) is 24.3 Å². The highest BCUT2D eigenvalue weighted by atomic mass is 16.2.